The molecule has 0 spiro atoms. The first-order valence-corrected chi connectivity index (χ1v) is 11.6. The van der Waals surface area contributed by atoms with E-state index in [-0.39, 0.29) is 5.91 Å². The number of anilines is 1. The number of ether oxygens (including phenoxy) is 2. The second kappa shape index (κ2) is 9.94. The molecule has 5 nitrogen and oxygen atoms in total. The van der Waals surface area contributed by atoms with E-state index in [0.29, 0.717) is 40.3 Å². The summed E-state index contributed by atoms with van der Waals surface area (Å²) in [4.78, 5) is 14.0. The number of rotatable bonds is 8. The number of thiophene rings is 1. The van der Waals surface area contributed by atoms with Crippen LogP contribution >= 0.6 is 22.9 Å². The number of carbonyl (C=O) groups is 1. The van der Waals surface area contributed by atoms with Crippen LogP contribution in [0.2, 0.25) is 5.02 Å². The minimum absolute atomic E-state index is 0.214. The molecule has 0 atom stereocenters. The van der Waals surface area contributed by atoms with Crippen molar-refractivity contribution in [3.05, 3.63) is 82.3 Å². The zero-order chi connectivity index (χ0) is 22.5. The van der Waals surface area contributed by atoms with Crippen molar-refractivity contribution in [2.45, 2.75) is 13.8 Å². The van der Waals surface area contributed by atoms with Crippen molar-refractivity contribution >= 4 is 34.5 Å². The highest BCUT2D eigenvalue weighted by Gasteiger charge is 2.22. The van der Waals surface area contributed by atoms with E-state index in [9.17, 15) is 4.79 Å². The van der Waals surface area contributed by atoms with E-state index in [2.05, 4.69) is 5.32 Å². The van der Waals surface area contributed by atoms with Crippen LogP contribution < -0.4 is 14.8 Å². The van der Waals surface area contributed by atoms with Gasteiger partial charge in [-0.1, -0.05) is 23.7 Å². The maximum absolute atomic E-state index is 13.4. The first-order chi connectivity index (χ1) is 15.6. The molecule has 2 aromatic heterocycles. The van der Waals surface area contributed by atoms with E-state index in [4.69, 9.17) is 21.1 Å². The van der Waals surface area contributed by atoms with Crippen molar-refractivity contribution in [1.82, 2.24) is 4.57 Å². The molecule has 4 rings (SSSR count). The molecule has 1 N–H and O–H groups in total. The van der Waals surface area contributed by atoms with E-state index in [1.165, 1.54) is 11.3 Å². The van der Waals surface area contributed by atoms with E-state index >= 15 is 0 Å². The summed E-state index contributed by atoms with van der Waals surface area (Å²) in [6, 6.07) is 16.9. The van der Waals surface area contributed by atoms with Gasteiger partial charge in [0.15, 0.2) is 0 Å². The van der Waals surface area contributed by atoms with Gasteiger partial charge in [-0.2, -0.15) is 0 Å². The van der Waals surface area contributed by atoms with Crippen LogP contribution in [0, 0.1) is 0 Å². The van der Waals surface area contributed by atoms with E-state index < -0.39 is 0 Å². The van der Waals surface area contributed by atoms with Crippen LogP contribution in [-0.4, -0.2) is 23.7 Å². The molecule has 0 bridgehead atoms. The maximum atomic E-state index is 13.4. The average molecular weight is 467 g/mol. The van der Waals surface area contributed by atoms with Crippen molar-refractivity contribution < 1.29 is 14.3 Å². The van der Waals surface area contributed by atoms with Crippen LogP contribution in [-0.2, 0) is 0 Å². The van der Waals surface area contributed by atoms with Crippen molar-refractivity contribution in [2.75, 3.05) is 18.5 Å². The van der Waals surface area contributed by atoms with Crippen LogP contribution in [0.5, 0.6) is 11.5 Å². The number of halogens is 1. The lowest BCUT2D eigenvalue weighted by atomic mass is 10.1. The van der Waals surface area contributed by atoms with Crippen molar-refractivity contribution in [3.63, 3.8) is 0 Å². The third kappa shape index (κ3) is 4.66. The van der Waals surface area contributed by atoms with Crippen molar-refractivity contribution in [2.24, 2.45) is 0 Å². The average Bonchev–Trinajstić information content (AvgIpc) is 3.46. The van der Waals surface area contributed by atoms with E-state index in [0.717, 1.165) is 16.8 Å². The molecule has 0 aliphatic carbocycles. The summed E-state index contributed by atoms with van der Waals surface area (Å²) in [5.41, 5.74) is 3.34. The van der Waals surface area contributed by atoms with Crippen LogP contribution in [0.1, 0.15) is 23.5 Å². The summed E-state index contributed by atoms with van der Waals surface area (Å²) >= 11 is 7.47. The first-order valence-electron chi connectivity index (χ1n) is 10.3. The summed E-state index contributed by atoms with van der Waals surface area (Å²) in [5.74, 6) is 1.06. The topological polar surface area (TPSA) is 52.5 Å². The molecule has 0 fully saturated rings. The largest absolute Gasteiger partial charge is 0.494 e. The number of benzene rings is 2. The first kappa shape index (κ1) is 22.0. The molecular formula is C25H23ClN2O3S. The zero-order valence-corrected chi connectivity index (χ0v) is 19.4. The van der Waals surface area contributed by atoms with Crippen LogP contribution in [0.15, 0.2) is 72.4 Å². The zero-order valence-electron chi connectivity index (χ0n) is 17.8. The summed E-state index contributed by atoms with van der Waals surface area (Å²) in [6.45, 7) is 4.85. The van der Waals surface area contributed by atoms with Gasteiger partial charge >= 0.3 is 0 Å². The third-order valence-electron chi connectivity index (χ3n) is 4.80. The van der Waals surface area contributed by atoms with Gasteiger partial charge in [0.25, 0.3) is 5.91 Å². The minimum atomic E-state index is -0.214. The lowest BCUT2D eigenvalue weighted by Crippen LogP contribution is -2.14. The lowest BCUT2D eigenvalue weighted by Gasteiger charge is -2.14. The second-order valence-corrected chi connectivity index (χ2v) is 8.22. The number of amides is 1. The van der Waals surface area contributed by atoms with Crippen molar-refractivity contribution in [3.8, 4) is 28.3 Å². The monoisotopic (exact) mass is 466 g/mol. The Morgan fingerprint density at radius 2 is 1.75 bits per heavy atom. The van der Waals surface area contributed by atoms with Gasteiger partial charge in [0.2, 0.25) is 0 Å². The molecular weight excluding hydrogens is 444 g/mol. The van der Waals surface area contributed by atoms with Crippen molar-refractivity contribution in [1.29, 1.82) is 0 Å². The lowest BCUT2D eigenvalue weighted by molar-refractivity contribution is 0.103. The molecule has 0 saturated heterocycles. The number of hydrogen-bond donors (Lipinski definition) is 1. The minimum Gasteiger partial charge on any atom is -0.494 e. The molecule has 2 aromatic carbocycles. The van der Waals surface area contributed by atoms with Crippen LogP contribution in [0.25, 0.3) is 16.8 Å². The van der Waals surface area contributed by atoms with Gasteiger partial charge in [-0.05, 0) is 55.8 Å². The van der Waals surface area contributed by atoms with Gasteiger partial charge in [0.05, 0.1) is 24.6 Å². The Kier molecular flexibility index (Phi) is 6.83. The standard InChI is InChI=1S/C25H23ClN2O3S/c1-3-30-19-11-12-22(31-4-2)21(15-19)27-25(29)24-23(28-13-5-6-14-28)20(16-32-24)17-7-9-18(26)10-8-17/h5-16H,3-4H2,1-2H3,(H,27,29). The summed E-state index contributed by atoms with van der Waals surface area (Å²) < 4.78 is 13.3. The predicted octanol–water partition coefficient (Wildman–Crippen LogP) is 6.91. The van der Waals surface area contributed by atoms with Crippen LogP contribution in [0.4, 0.5) is 5.69 Å². The van der Waals surface area contributed by atoms with Gasteiger partial charge in [0, 0.05) is 34.4 Å². The van der Waals surface area contributed by atoms with Crippen LogP contribution in [0.3, 0.4) is 0 Å². The molecule has 32 heavy (non-hydrogen) atoms. The number of hydrogen-bond acceptors (Lipinski definition) is 4. The maximum Gasteiger partial charge on any atom is 0.268 e. The third-order valence-corrected chi connectivity index (χ3v) is 6.02. The Balaban J connectivity index is 1.73. The Hall–Kier alpha value is -3.22. The highest BCUT2D eigenvalue weighted by Crippen LogP contribution is 2.37. The molecule has 1 amide bonds. The highest BCUT2D eigenvalue weighted by atomic mass is 35.5. The number of nitrogens with one attached hydrogen (secondary N) is 1. The fraction of sp³-hybridized carbons (Fsp3) is 0.160. The molecule has 0 aliphatic rings. The van der Waals surface area contributed by atoms with E-state index in [1.54, 1.807) is 6.07 Å². The SMILES string of the molecule is CCOc1ccc(OCC)c(NC(=O)c2scc(-c3ccc(Cl)cc3)c2-n2cccc2)c1. The Morgan fingerprint density at radius 1 is 1.03 bits per heavy atom. The smallest absolute Gasteiger partial charge is 0.268 e. The predicted molar refractivity (Wildman–Crippen MR) is 131 cm³/mol. The number of nitrogens with zero attached hydrogens (tertiary/aromatic N) is 1. The van der Waals surface area contributed by atoms with Gasteiger partial charge in [-0.3, -0.25) is 4.79 Å². The molecule has 4 aromatic rings. The normalized spacial score (nSPS) is 10.7. The Bertz CT molecular complexity index is 1200. The molecule has 7 heteroatoms. The van der Waals surface area contributed by atoms with Gasteiger partial charge in [-0.25, -0.2) is 0 Å². The van der Waals surface area contributed by atoms with Gasteiger partial charge < -0.3 is 19.4 Å². The quantitative estimate of drug-likeness (QED) is 0.307. The summed E-state index contributed by atoms with van der Waals surface area (Å²) in [6.07, 6.45) is 3.86. The molecule has 164 valence electrons. The Labute approximate surface area is 196 Å². The van der Waals surface area contributed by atoms with Gasteiger partial charge in [0.1, 0.15) is 16.4 Å². The molecule has 2 heterocycles. The fourth-order valence-corrected chi connectivity index (χ4v) is 4.51. The molecule has 0 unspecified atom stereocenters. The number of carbonyl (C=O) groups excluding carboxylic acids is 1. The molecule has 0 radical (unpaired) electrons. The number of aromatic nitrogens is 1. The molecule has 0 aliphatic heterocycles. The fourth-order valence-electron chi connectivity index (χ4n) is 3.41. The Morgan fingerprint density at radius 3 is 2.44 bits per heavy atom. The summed E-state index contributed by atoms with van der Waals surface area (Å²) in [5, 5.41) is 5.68. The van der Waals surface area contributed by atoms with E-state index in [1.807, 2.05) is 84.7 Å². The van der Waals surface area contributed by atoms with Gasteiger partial charge in [-0.15, -0.1) is 11.3 Å². The summed E-state index contributed by atoms with van der Waals surface area (Å²) in [7, 11) is 0. The second-order valence-electron chi connectivity index (χ2n) is 6.90. The molecule has 0 saturated carbocycles. The highest BCUT2D eigenvalue weighted by molar-refractivity contribution is 7.13.